The second-order valence-corrected chi connectivity index (χ2v) is 16.1. The number of hydrogen-bond donors (Lipinski definition) is 1. The van der Waals surface area contributed by atoms with Crippen LogP contribution in [0.1, 0.15) is 35.3 Å². The maximum atomic E-state index is 17.2. The molecule has 0 aliphatic carbocycles. The van der Waals surface area contributed by atoms with Crippen LogP contribution in [0.5, 0.6) is 6.01 Å². The number of halogens is 7. The second kappa shape index (κ2) is 13.1. The minimum absolute atomic E-state index is 0.0277. The highest BCUT2D eigenvalue weighted by atomic mass is 35.5. The molecule has 9 rings (SSSR count). The van der Waals surface area contributed by atoms with Crippen LogP contribution in [0.4, 0.5) is 37.2 Å². The van der Waals surface area contributed by atoms with Gasteiger partial charge in [-0.1, -0.05) is 17.7 Å². The number of fused-ring (bicyclic) bond motifs is 3. The zero-order chi connectivity index (χ0) is 39.3. The minimum Gasteiger partial charge on any atom is -0.461 e. The second-order valence-electron chi connectivity index (χ2n) is 14.6. The summed E-state index contributed by atoms with van der Waals surface area (Å²) < 4.78 is 99.3. The van der Waals surface area contributed by atoms with Gasteiger partial charge in [0.15, 0.2) is 5.82 Å². The number of carbonyl (C=O) groups excluding carboxylic acids is 1. The molecular weight excluding hydrogens is 788 g/mol. The number of amides is 1. The third-order valence-electron chi connectivity index (χ3n) is 11.2. The number of benzene rings is 2. The van der Waals surface area contributed by atoms with E-state index in [0.717, 1.165) is 36.1 Å². The molecule has 1 amide bonds. The Morgan fingerprint density at radius 3 is 2.75 bits per heavy atom. The van der Waals surface area contributed by atoms with E-state index in [9.17, 15) is 32.0 Å². The van der Waals surface area contributed by atoms with Gasteiger partial charge < -0.3 is 25.0 Å². The highest BCUT2D eigenvalue weighted by Crippen LogP contribution is 2.47. The van der Waals surface area contributed by atoms with Crippen molar-refractivity contribution in [3.8, 4) is 23.2 Å². The van der Waals surface area contributed by atoms with Crippen molar-refractivity contribution in [1.29, 1.82) is 5.26 Å². The molecule has 0 bridgehead atoms. The maximum Gasteiger partial charge on any atom is 0.505 e. The van der Waals surface area contributed by atoms with Crippen molar-refractivity contribution in [3.63, 3.8) is 0 Å². The Balaban J connectivity index is 1.11. The lowest BCUT2D eigenvalue weighted by atomic mass is 9.91. The Morgan fingerprint density at radius 2 is 1.98 bits per heavy atom. The number of nitriles is 1. The Bertz CT molecular complexity index is 2480. The zero-order valence-electron chi connectivity index (χ0n) is 29.2. The normalized spacial score (nSPS) is 22.2. The molecular formula is C36H30ClF6N9O3S. The van der Waals surface area contributed by atoms with Crippen molar-refractivity contribution in [2.75, 3.05) is 63.1 Å². The Kier molecular flexibility index (Phi) is 8.58. The molecule has 7 heterocycles. The number of nitrogens with two attached hydrogens (primary N) is 1. The van der Waals surface area contributed by atoms with Gasteiger partial charge in [-0.25, -0.2) is 13.2 Å². The Labute approximate surface area is 322 Å². The van der Waals surface area contributed by atoms with Crippen molar-refractivity contribution in [1.82, 2.24) is 29.5 Å². The van der Waals surface area contributed by atoms with Crippen LogP contribution in [0.2, 0.25) is 5.02 Å². The minimum atomic E-state index is -4.89. The smallest absolute Gasteiger partial charge is 0.461 e. The predicted octanol–water partition coefficient (Wildman–Crippen LogP) is 6.26. The summed E-state index contributed by atoms with van der Waals surface area (Å²) in [5.74, 6) is -2.22. The number of nitrogens with zero attached hydrogens (tertiary/aromatic N) is 8. The van der Waals surface area contributed by atoms with E-state index in [4.69, 9.17) is 31.8 Å². The monoisotopic (exact) mass is 817 g/mol. The molecule has 56 heavy (non-hydrogen) atoms. The highest BCUT2D eigenvalue weighted by Gasteiger charge is 2.52. The van der Waals surface area contributed by atoms with Gasteiger partial charge in [-0.05, 0) is 43.1 Å². The van der Waals surface area contributed by atoms with Crippen LogP contribution < -0.4 is 15.4 Å². The third-order valence-corrected chi connectivity index (χ3v) is 12.5. The summed E-state index contributed by atoms with van der Waals surface area (Å²) in [6, 6.07) is 6.69. The lowest BCUT2D eigenvalue weighted by Gasteiger charge is -2.53. The van der Waals surface area contributed by atoms with Crippen molar-refractivity contribution < 1.29 is 40.6 Å². The van der Waals surface area contributed by atoms with Crippen LogP contribution in [0.3, 0.4) is 0 Å². The molecule has 2 atom stereocenters. The molecule has 4 fully saturated rings. The number of thiophene rings is 1. The molecule has 292 valence electrons. The van der Waals surface area contributed by atoms with Crippen molar-refractivity contribution in [3.05, 3.63) is 58.4 Å². The topological polar surface area (TPSA) is 139 Å². The van der Waals surface area contributed by atoms with E-state index in [1.54, 1.807) is 4.90 Å². The van der Waals surface area contributed by atoms with E-state index in [2.05, 4.69) is 10.1 Å². The van der Waals surface area contributed by atoms with E-state index in [1.807, 2.05) is 11.0 Å². The van der Waals surface area contributed by atoms with Gasteiger partial charge in [0.2, 0.25) is 0 Å². The first-order valence-corrected chi connectivity index (χ1v) is 18.8. The van der Waals surface area contributed by atoms with Crippen molar-refractivity contribution >= 4 is 60.7 Å². The first-order chi connectivity index (χ1) is 26.7. The first-order valence-electron chi connectivity index (χ1n) is 17.6. The maximum absolute atomic E-state index is 17.2. The molecule has 0 unspecified atom stereocenters. The first kappa shape index (κ1) is 36.7. The molecule has 4 aliphatic rings. The van der Waals surface area contributed by atoms with E-state index < -0.39 is 46.8 Å². The number of hydrogen-bond acceptors (Lipinski definition) is 11. The highest BCUT2D eigenvalue weighted by molar-refractivity contribution is 7.23. The SMILES string of the molecule is N#Cc1c(N)sc2c(F)ccc(-c3c(Cl)cc4c(N5CCOC6(CN(C(=O)c7ccnn7C(F)(F)F)C6)C5)nc(OC[C@@]56CCCN5C[C@H](F)C6)nc4c3F)c12. The van der Waals surface area contributed by atoms with Crippen LogP contribution in [-0.2, 0) is 11.0 Å². The number of carbonyl (C=O) groups is 1. The standard InChI is InChI=1S/C36H30ClF6N9O3S/c37-22-10-20-28(27(40)26(22)19-2-3-23(39)29-25(19)21(12-44)30(45)56-29)47-33(54-17-34-5-1-7-51(34)13-18(38)11-34)48-31(20)49-8-9-55-35(14-49)15-50(16-35)32(53)24-4-6-46-52(24)36(41,42)43/h2-4,6,10,18H,1,5,7-9,11,13-17,45H2/t18-,34+/m1/s1. The van der Waals surface area contributed by atoms with E-state index in [-0.39, 0.29) is 117 Å². The fourth-order valence-corrected chi connectivity index (χ4v) is 9.95. The van der Waals surface area contributed by atoms with Gasteiger partial charge in [0.1, 0.15) is 52.3 Å². The molecule has 3 aromatic heterocycles. The van der Waals surface area contributed by atoms with Gasteiger partial charge in [0, 0.05) is 35.8 Å². The number of rotatable bonds is 6. The van der Waals surface area contributed by atoms with E-state index >= 15 is 4.39 Å². The number of aromatic nitrogens is 4. The molecule has 4 aliphatic heterocycles. The van der Waals surface area contributed by atoms with Gasteiger partial charge in [-0.3, -0.25) is 9.69 Å². The summed E-state index contributed by atoms with van der Waals surface area (Å²) in [6.07, 6.45) is -3.21. The zero-order valence-corrected chi connectivity index (χ0v) is 30.7. The molecule has 0 radical (unpaired) electrons. The number of nitrogen functional groups attached to an aromatic ring is 1. The summed E-state index contributed by atoms with van der Waals surface area (Å²) in [6.45, 7) is 1.39. The quantitative estimate of drug-likeness (QED) is 0.196. The lowest BCUT2D eigenvalue weighted by Crippen LogP contribution is -2.71. The molecule has 0 saturated carbocycles. The van der Waals surface area contributed by atoms with E-state index in [1.165, 1.54) is 17.0 Å². The fourth-order valence-electron chi connectivity index (χ4n) is 8.71. The summed E-state index contributed by atoms with van der Waals surface area (Å²) in [5, 5.41) is 13.4. The van der Waals surface area contributed by atoms with Gasteiger partial charge in [-0.2, -0.15) is 25.0 Å². The Morgan fingerprint density at radius 1 is 1.18 bits per heavy atom. The van der Waals surface area contributed by atoms with Crippen LogP contribution in [-0.4, -0.2) is 105 Å². The molecule has 2 N–H and O–H groups in total. The molecule has 12 nitrogen and oxygen atoms in total. The summed E-state index contributed by atoms with van der Waals surface area (Å²) in [7, 11) is 0. The summed E-state index contributed by atoms with van der Waals surface area (Å²) >= 11 is 7.71. The number of likely N-dealkylation sites (tertiary alicyclic amines) is 1. The number of alkyl halides is 4. The fraction of sp³-hybridized carbons (Fsp3) is 0.417. The average Bonchev–Trinajstić information content (AvgIpc) is 3.93. The van der Waals surface area contributed by atoms with Crippen LogP contribution in [0, 0.1) is 23.0 Å². The molecule has 1 spiro atoms. The van der Waals surface area contributed by atoms with Gasteiger partial charge in [0.25, 0.3) is 5.91 Å². The number of anilines is 2. The third kappa shape index (κ3) is 5.79. The molecule has 4 saturated heterocycles. The van der Waals surface area contributed by atoms with Crippen LogP contribution in [0.25, 0.3) is 32.1 Å². The molecule has 2 aromatic carbocycles. The van der Waals surface area contributed by atoms with Gasteiger partial charge in [0.05, 0.1) is 53.3 Å². The largest absolute Gasteiger partial charge is 0.505 e. The van der Waals surface area contributed by atoms with Gasteiger partial charge in [-0.15, -0.1) is 24.5 Å². The van der Waals surface area contributed by atoms with Gasteiger partial charge >= 0.3 is 12.3 Å². The van der Waals surface area contributed by atoms with Crippen molar-refractivity contribution in [2.24, 2.45) is 0 Å². The van der Waals surface area contributed by atoms with E-state index in [0.29, 0.717) is 13.0 Å². The van der Waals surface area contributed by atoms with Crippen molar-refractivity contribution in [2.45, 2.75) is 42.9 Å². The predicted molar refractivity (Wildman–Crippen MR) is 193 cm³/mol. The lowest BCUT2D eigenvalue weighted by molar-refractivity contribution is -0.213. The summed E-state index contributed by atoms with van der Waals surface area (Å²) in [4.78, 5) is 27.4. The van der Waals surface area contributed by atoms with Crippen LogP contribution >= 0.6 is 22.9 Å². The molecule has 5 aromatic rings. The van der Waals surface area contributed by atoms with Crippen LogP contribution in [0.15, 0.2) is 30.5 Å². The number of ether oxygens (including phenoxy) is 2. The Hall–Kier alpha value is -4.90. The average molecular weight is 818 g/mol. The molecule has 20 heteroatoms. The summed E-state index contributed by atoms with van der Waals surface area (Å²) in [5.41, 5.74) is 3.56. The number of morpholine rings is 1.